The molecule has 2 heterocycles. The number of thiophene rings is 1. The molecular weight excluding hydrogens is 348 g/mol. The molecule has 0 aliphatic carbocycles. The van der Waals surface area contributed by atoms with E-state index >= 15 is 0 Å². The number of anilines is 1. The zero-order valence-electron chi connectivity index (χ0n) is 12.1. The number of carbonyl (C=O) groups excluding carboxylic acids is 1. The highest BCUT2D eigenvalue weighted by molar-refractivity contribution is 8.00. The van der Waals surface area contributed by atoms with Crippen molar-refractivity contribution >= 4 is 40.7 Å². The lowest BCUT2D eigenvalue weighted by Crippen LogP contribution is -2.10. The molecule has 2 aromatic rings. The number of rotatable bonds is 6. The van der Waals surface area contributed by atoms with Crippen molar-refractivity contribution in [3.05, 3.63) is 28.6 Å². The van der Waals surface area contributed by atoms with Gasteiger partial charge in [-0.3, -0.25) is 9.59 Å². The van der Waals surface area contributed by atoms with Gasteiger partial charge in [0.05, 0.1) is 11.3 Å². The number of nitrogens with two attached hydrogens (primary N) is 1. The molecule has 7 nitrogen and oxygen atoms in total. The molecule has 0 saturated carbocycles. The molecule has 0 fully saturated rings. The molecule has 2 aromatic heterocycles. The van der Waals surface area contributed by atoms with Crippen molar-refractivity contribution in [3.63, 3.8) is 0 Å². The monoisotopic (exact) mass is 358 g/mol. The van der Waals surface area contributed by atoms with Crippen LogP contribution in [0.15, 0.2) is 22.5 Å². The van der Waals surface area contributed by atoms with E-state index in [0.29, 0.717) is 10.4 Å². The van der Waals surface area contributed by atoms with Crippen molar-refractivity contribution in [2.24, 2.45) is 0 Å². The number of nitrogen functional groups attached to an aromatic ring is 1. The number of carboxylic acids is 1. The fourth-order valence-corrected chi connectivity index (χ4v) is 3.58. The number of nitriles is 2. The quantitative estimate of drug-likeness (QED) is 0.591. The molecule has 0 spiro atoms. The summed E-state index contributed by atoms with van der Waals surface area (Å²) in [5.41, 5.74) is 6.46. The van der Waals surface area contributed by atoms with E-state index in [2.05, 4.69) is 4.98 Å². The number of carbonyl (C=O) groups is 2. The normalized spacial score (nSPS) is 9.92. The van der Waals surface area contributed by atoms with Crippen molar-refractivity contribution in [3.8, 4) is 22.6 Å². The fourth-order valence-electron chi connectivity index (χ4n) is 1.94. The first-order chi connectivity index (χ1) is 11.5. The Morgan fingerprint density at radius 2 is 2.04 bits per heavy atom. The van der Waals surface area contributed by atoms with Crippen LogP contribution in [0.2, 0.25) is 0 Å². The van der Waals surface area contributed by atoms with E-state index in [1.807, 2.05) is 12.1 Å². The molecule has 120 valence electrons. The van der Waals surface area contributed by atoms with Crippen LogP contribution >= 0.6 is 23.1 Å². The lowest BCUT2D eigenvalue weighted by molar-refractivity contribution is -0.139. The van der Waals surface area contributed by atoms with Gasteiger partial charge in [0, 0.05) is 10.4 Å². The molecule has 0 aliphatic rings. The van der Waals surface area contributed by atoms with Crippen LogP contribution in [0.25, 0.3) is 10.4 Å². The van der Waals surface area contributed by atoms with E-state index in [9.17, 15) is 20.1 Å². The Morgan fingerprint density at radius 3 is 2.58 bits per heavy atom. The third kappa shape index (κ3) is 3.71. The number of Topliss-reactive ketones (excluding diaryl/α,β-unsaturated/α-hetero) is 1. The number of hydrogen-bond acceptors (Lipinski definition) is 8. The summed E-state index contributed by atoms with van der Waals surface area (Å²) < 4.78 is 0. The smallest absolute Gasteiger partial charge is 0.310 e. The maximum Gasteiger partial charge on any atom is 0.310 e. The highest BCUT2D eigenvalue weighted by Gasteiger charge is 2.21. The maximum absolute atomic E-state index is 11.6. The Balaban J connectivity index is 2.47. The lowest BCUT2D eigenvalue weighted by atomic mass is 10.0. The van der Waals surface area contributed by atoms with E-state index in [1.54, 1.807) is 17.5 Å². The number of ketones is 1. The summed E-state index contributed by atoms with van der Waals surface area (Å²) in [7, 11) is 0. The van der Waals surface area contributed by atoms with Gasteiger partial charge in [0.2, 0.25) is 0 Å². The maximum atomic E-state index is 11.6. The number of pyridine rings is 1. The predicted octanol–water partition coefficient (Wildman–Crippen LogP) is 2.27. The molecule has 0 bridgehead atoms. The first-order valence-electron chi connectivity index (χ1n) is 6.51. The third-order valence-corrected chi connectivity index (χ3v) is 4.82. The van der Waals surface area contributed by atoms with Gasteiger partial charge in [-0.25, -0.2) is 4.98 Å². The molecule has 3 N–H and O–H groups in total. The van der Waals surface area contributed by atoms with E-state index in [4.69, 9.17) is 10.8 Å². The summed E-state index contributed by atoms with van der Waals surface area (Å²) in [5, 5.41) is 29.4. The van der Waals surface area contributed by atoms with Crippen LogP contribution in [0.3, 0.4) is 0 Å². The zero-order chi connectivity index (χ0) is 17.7. The van der Waals surface area contributed by atoms with E-state index in [0.717, 1.165) is 11.8 Å². The van der Waals surface area contributed by atoms with E-state index in [1.165, 1.54) is 11.3 Å². The van der Waals surface area contributed by atoms with Crippen LogP contribution in [0.1, 0.15) is 17.5 Å². The molecule has 0 aliphatic heterocycles. The van der Waals surface area contributed by atoms with Crippen LogP contribution in [0.4, 0.5) is 5.82 Å². The minimum Gasteiger partial charge on any atom is -0.481 e. The summed E-state index contributed by atoms with van der Waals surface area (Å²) in [6.45, 7) is 0. The topological polar surface area (TPSA) is 141 Å². The Kier molecular flexibility index (Phi) is 5.53. The van der Waals surface area contributed by atoms with Gasteiger partial charge in [0.15, 0.2) is 5.78 Å². The molecule has 0 unspecified atom stereocenters. The fraction of sp³-hybridized carbons (Fsp3) is 0.133. The average Bonchev–Trinajstić information content (AvgIpc) is 3.05. The molecule has 0 saturated heterocycles. The standard InChI is InChI=1S/C15H10N4O3S2/c16-5-9-13(11-2-1-3-23-11)10(6-17)15(19-14(9)18)24-7-8(20)4-12(21)22/h1-3H,4,7H2,(H2,18,19)(H,21,22). The average molecular weight is 358 g/mol. The second-order valence-corrected chi connectivity index (χ2v) is 6.44. The summed E-state index contributed by atoms with van der Waals surface area (Å²) in [5.74, 6) is -1.90. The highest BCUT2D eigenvalue weighted by Crippen LogP contribution is 2.37. The van der Waals surface area contributed by atoms with Gasteiger partial charge in [-0.1, -0.05) is 17.8 Å². The summed E-state index contributed by atoms with van der Waals surface area (Å²) in [6.07, 6.45) is -0.599. The van der Waals surface area contributed by atoms with Crippen molar-refractivity contribution in [2.45, 2.75) is 11.4 Å². The molecule has 0 radical (unpaired) electrons. The molecule has 0 aromatic carbocycles. The van der Waals surface area contributed by atoms with Gasteiger partial charge in [-0.15, -0.1) is 11.3 Å². The largest absolute Gasteiger partial charge is 0.481 e. The Labute approximate surface area is 145 Å². The predicted molar refractivity (Wildman–Crippen MR) is 89.4 cm³/mol. The molecule has 24 heavy (non-hydrogen) atoms. The van der Waals surface area contributed by atoms with Gasteiger partial charge in [-0.05, 0) is 11.4 Å². The number of nitrogens with zero attached hydrogens (tertiary/aromatic N) is 3. The number of carboxylic acid groups (broad SMARTS) is 1. The first kappa shape index (κ1) is 17.5. The number of aliphatic carboxylic acids is 1. The Hall–Kier alpha value is -2.88. The molecule has 0 amide bonds. The minimum absolute atomic E-state index is 0.0342. The number of hydrogen-bond donors (Lipinski definition) is 2. The molecule has 0 atom stereocenters. The van der Waals surface area contributed by atoms with Crippen molar-refractivity contribution in [1.82, 2.24) is 4.98 Å². The summed E-state index contributed by atoms with van der Waals surface area (Å²) in [6, 6.07) is 7.50. The van der Waals surface area contributed by atoms with Gasteiger partial charge < -0.3 is 10.8 Å². The Morgan fingerprint density at radius 1 is 1.33 bits per heavy atom. The minimum atomic E-state index is -1.22. The second-order valence-electron chi connectivity index (χ2n) is 4.53. The van der Waals surface area contributed by atoms with Crippen molar-refractivity contribution < 1.29 is 14.7 Å². The molecule has 9 heteroatoms. The highest BCUT2D eigenvalue weighted by atomic mass is 32.2. The van der Waals surface area contributed by atoms with Crippen LogP contribution in [0, 0.1) is 22.7 Å². The summed E-state index contributed by atoms with van der Waals surface area (Å²) >= 11 is 2.28. The Bertz CT molecular complexity index is 880. The zero-order valence-corrected chi connectivity index (χ0v) is 13.8. The number of thioether (sulfide) groups is 1. The van der Waals surface area contributed by atoms with Crippen LogP contribution < -0.4 is 5.73 Å². The first-order valence-corrected chi connectivity index (χ1v) is 8.38. The van der Waals surface area contributed by atoms with Crippen LogP contribution in [-0.2, 0) is 9.59 Å². The molecule has 2 rings (SSSR count). The van der Waals surface area contributed by atoms with Crippen molar-refractivity contribution in [2.75, 3.05) is 11.5 Å². The van der Waals surface area contributed by atoms with Crippen molar-refractivity contribution in [1.29, 1.82) is 10.5 Å². The van der Waals surface area contributed by atoms with E-state index in [-0.39, 0.29) is 27.7 Å². The van der Waals surface area contributed by atoms with Gasteiger partial charge >= 0.3 is 5.97 Å². The van der Waals surface area contributed by atoms with Gasteiger partial charge in [0.25, 0.3) is 0 Å². The summed E-state index contributed by atoms with van der Waals surface area (Å²) in [4.78, 5) is 26.8. The number of aromatic nitrogens is 1. The third-order valence-electron chi connectivity index (χ3n) is 2.90. The second kappa shape index (κ2) is 7.59. The van der Waals surface area contributed by atoms with E-state index < -0.39 is 18.2 Å². The lowest BCUT2D eigenvalue weighted by Gasteiger charge is -2.11. The van der Waals surface area contributed by atoms with Crippen LogP contribution in [-0.4, -0.2) is 27.6 Å². The van der Waals surface area contributed by atoms with Gasteiger partial charge in [-0.2, -0.15) is 10.5 Å². The van der Waals surface area contributed by atoms with Gasteiger partial charge in [0.1, 0.15) is 35.0 Å². The SMILES string of the molecule is N#Cc1c(N)nc(SCC(=O)CC(=O)O)c(C#N)c1-c1cccs1. The molecular formula is C15H10N4O3S2. The van der Waals surface area contributed by atoms with Crippen LogP contribution in [0.5, 0.6) is 0 Å².